The summed E-state index contributed by atoms with van der Waals surface area (Å²) in [5.74, 6) is -0.119. The van der Waals surface area contributed by atoms with Crippen LogP contribution < -0.4 is 0 Å². The highest BCUT2D eigenvalue weighted by Gasteiger charge is 2.24. The van der Waals surface area contributed by atoms with Crippen molar-refractivity contribution in [3.8, 4) is 0 Å². The van der Waals surface area contributed by atoms with Gasteiger partial charge >= 0.3 is 5.97 Å². The molecule has 1 fully saturated rings. The van der Waals surface area contributed by atoms with Crippen molar-refractivity contribution in [3.63, 3.8) is 0 Å². The molecule has 0 amide bonds. The van der Waals surface area contributed by atoms with Gasteiger partial charge in [0.15, 0.2) is 0 Å². The summed E-state index contributed by atoms with van der Waals surface area (Å²) in [7, 11) is 0. The molecule has 0 aromatic rings. The second kappa shape index (κ2) is 3.56. The fourth-order valence-corrected chi connectivity index (χ4v) is 1.18. The molecule has 1 rings (SSSR count). The van der Waals surface area contributed by atoms with Crippen LogP contribution in [0.5, 0.6) is 0 Å². The summed E-state index contributed by atoms with van der Waals surface area (Å²) in [6.45, 7) is 4.02. The number of allylic oxidation sites excluding steroid dienone is 1. The van der Waals surface area contributed by atoms with E-state index < -0.39 is 0 Å². The van der Waals surface area contributed by atoms with Crippen molar-refractivity contribution in [1.82, 2.24) is 0 Å². The van der Waals surface area contributed by atoms with Crippen LogP contribution in [-0.4, -0.2) is 12.1 Å². The van der Waals surface area contributed by atoms with Gasteiger partial charge in [-0.1, -0.05) is 19.4 Å². The number of esters is 1. The predicted molar refractivity (Wildman–Crippen MR) is 43.2 cm³/mol. The average Bonchev–Trinajstić information content (AvgIpc) is 2.26. The molecule has 0 bridgehead atoms. The topological polar surface area (TPSA) is 26.3 Å². The van der Waals surface area contributed by atoms with Crippen LogP contribution >= 0.6 is 0 Å². The minimum atomic E-state index is -0.119. The molecule has 1 saturated heterocycles. The van der Waals surface area contributed by atoms with Crippen LogP contribution in [0, 0.1) is 0 Å². The molecule has 2 nitrogen and oxygen atoms in total. The molecular formula is C9H14O2. The van der Waals surface area contributed by atoms with Gasteiger partial charge in [0.25, 0.3) is 0 Å². The maximum atomic E-state index is 11.0. The van der Waals surface area contributed by atoms with Gasteiger partial charge in [-0.15, -0.1) is 0 Å². The van der Waals surface area contributed by atoms with Gasteiger partial charge in [0.1, 0.15) is 6.10 Å². The fraction of sp³-hybridized carbons (Fsp3) is 0.667. The van der Waals surface area contributed by atoms with E-state index in [0.29, 0.717) is 0 Å². The molecule has 0 N–H and O–H groups in total. The third-order valence-corrected chi connectivity index (χ3v) is 1.76. The average molecular weight is 154 g/mol. The van der Waals surface area contributed by atoms with E-state index in [2.05, 4.69) is 6.92 Å². The Labute approximate surface area is 67.2 Å². The van der Waals surface area contributed by atoms with Gasteiger partial charge in [-0.25, -0.2) is 4.79 Å². The first-order valence-electron chi connectivity index (χ1n) is 4.14. The number of unbranched alkanes of at least 4 members (excludes halogenated alkanes) is 1. The monoisotopic (exact) mass is 154 g/mol. The molecule has 0 aliphatic carbocycles. The minimum Gasteiger partial charge on any atom is -0.459 e. The number of carbonyl (C=O) groups excluding carboxylic acids is 1. The molecule has 11 heavy (non-hydrogen) atoms. The highest BCUT2D eigenvalue weighted by molar-refractivity contribution is 5.90. The summed E-state index contributed by atoms with van der Waals surface area (Å²) in [6, 6.07) is 0. The van der Waals surface area contributed by atoms with Crippen LogP contribution in [0.25, 0.3) is 0 Å². The lowest BCUT2D eigenvalue weighted by Gasteiger charge is -1.94. The van der Waals surface area contributed by atoms with Gasteiger partial charge in [-0.05, 0) is 13.3 Å². The van der Waals surface area contributed by atoms with Crippen LogP contribution in [-0.2, 0) is 9.53 Å². The quantitative estimate of drug-likeness (QED) is 0.449. The van der Waals surface area contributed by atoms with Gasteiger partial charge in [-0.2, -0.15) is 0 Å². The molecule has 2 heteroatoms. The number of hydrogen-bond donors (Lipinski definition) is 0. The third kappa shape index (κ3) is 2.07. The molecule has 1 heterocycles. The normalized spacial score (nSPS) is 27.6. The van der Waals surface area contributed by atoms with E-state index in [1.54, 1.807) is 0 Å². The Hall–Kier alpha value is -0.790. The Morgan fingerprint density at radius 3 is 2.91 bits per heavy atom. The first kappa shape index (κ1) is 8.31. The lowest BCUT2D eigenvalue weighted by Crippen LogP contribution is -1.99. The summed E-state index contributed by atoms with van der Waals surface area (Å²) in [5.41, 5.74) is 0.861. The molecule has 1 atom stereocenters. The van der Waals surface area contributed by atoms with Gasteiger partial charge in [0.05, 0.1) is 0 Å². The lowest BCUT2D eigenvalue weighted by atomic mass is 10.1. The Kier molecular flexibility index (Phi) is 2.69. The van der Waals surface area contributed by atoms with Crippen LogP contribution in [0.3, 0.4) is 0 Å². The zero-order valence-corrected chi connectivity index (χ0v) is 7.09. The smallest absolute Gasteiger partial charge is 0.334 e. The van der Waals surface area contributed by atoms with E-state index in [9.17, 15) is 4.79 Å². The van der Waals surface area contributed by atoms with E-state index in [4.69, 9.17) is 4.74 Å². The summed E-state index contributed by atoms with van der Waals surface area (Å²) in [4.78, 5) is 11.0. The van der Waals surface area contributed by atoms with Crippen molar-refractivity contribution in [2.45, 2.75) is 39.2 Å². The molecule has 1 unspecified atom stereocenters. The van der Waals surface area contributed by atoms with Gasteiger partial charge in [-0.3, -0.25) is 0 Å². The van der Waals surface area contributed by atoms with Crippen LogP contribution in [0.15, 0.2) is 11.6 Å². The van der Waals surface area contributed by atoms with Crippen molar-refractivity contribution in [1.29, 1.82) is 0 Å². The van der Waals surface area contributed by atoms with Crippen molar-refractivity contribution in [2.75, 3.05) is 0 Å². The molecule has 1 aliphatic heterocycles. The number of cyclic esters (lactones) is 1. The number of ether oxygens (including phenoxy) is 1. The van der Waals surface area contributed by atoms with E-state index in [1.807, 2.05) is 13.0 Å². The zero-order valence-electron chi connectivity index (χ0n) is 7.09. The first-order chi connectivity index (χ1) is 5.24. The van der Waals surface area contributed by atoms with Crippen LogP contribution in [0.2, 0.25) is 0 Å². The van der Waals surface area contributed by atoms with Crippen molar-refractivity contribution >= 4 is 5.97 Å². The molecule has 62 valence electrons. The van der Waals surface area contributed by atoms with Gasteiger partial charge in [0, 0.05) is 12.0 Å². The number of rotatable bonds is 2. The number of carbonyl (C=O) groups is 1. The van der Waals surface area contributed by atoms with E-state index in [-0.39, 0.29) is 12.1 Å². The SMILES string of the molecule is CCC/C=C1/CC(C)OC1=O. The Bertz CT molecular complexity index is 182. The molecule has 0 spiro atoms. The summed E-state index contributed by atoms with van der Waals surface area (Å²) in [5, 5.41) is 0. The fourth-order valence-electron chi connectivity index (χ4n) is 1.18. The largest absolute Gasteiger partial charge is 0.459 e. The summed E-state index contributed by atoms with van der Waals surface area (Å²) < 4.78 is 4.96. The Morgan fingerprint density at radius 2 is 2.45 bits per heavy atom. The molecule has 0 saturated carbocycles. The first-order valence-corrected chi connectivity index (χ1v) is 4.14. The minimum absolute atomic E-state index is 0.0885. The van der Waals surface area contributed by atoms with Gasteiger partial charge in [0.2, 0.25) is 0 Å². The molecule has 0 aromatic carbocycles. The number of hydrogen-bond acceptors (Lipinski definition) is 2. The molecular weight excluding hydrogens is 140 g/mol. The van der Waals surface area contributed by atoms with E-state index in [1.165, 1.54) is 0 Å². The Balaban J connectivity index is 2.52. The predicted octanol–water partition coefficient (Wildman–Crippen LogP) is 2.05. The second-order valence-corrected chi connectivity index (χ2v) is 2.94. The van der Waals surface area contributed by atoms with E-state index >= 15 is 0 Å². The zero-order chi connectivity index (χ0) is 8.27. The molecule has 0 radical (unpaired) electrons. The maximum absolute atomic E-state index is 11.0. The lowest BCUT2D eigenvalue weighted by molar-refractivity contribution is -0.138. The standard InChI is InChI=1S/C9H14O2/c1-3-4-5-8-6-7(2)11-9(8)10/h5,7H,3-4,6H2,1-2H3/b8-5-. The summed E-state index contributed by atoms with van der Waals surface area (Å²) >= 11 is 0. The highest BCUT2D eigenvalue weighted by atomic mass is 16.5. The maximum Gasteiger partial charge on any atom is 0.334 e. The van der Waals surface area contributed by atoms with Crippen LogP contribution in [0.1, 0.15) is 33.1 Å². The van der Waals surface area contributed by atoms with Crippen molar-refractivity contribution in [3.05, 3.63) is 11.6 Å². The third-order valence-electron chi connectivity index (χ3n) is 1.76. The van der Waals surface area contributed by atoms with Gasteiger partial charge < -0.3 is 4.74 Å². The Morgan fingerprint density at radius 1 is 1.73 bits per heavy atom. The van der Waals surface area contributed by atoms with Crippen LogP contribution in [0.4, 0.5) is 0 Å². The van der Waals surface area contributed by atoms with E-state index in [0.717, 1.165) is 24.8 Å². The molecule has 0 aromatic heterocycles. The second-order valence-electron chi connectivity index (χ2n) is 2.94. The van der Waals surface area contributed by atoms with Crippen molar-refractivity contribution in [2.24, 2.45) is 0 Å². The molecule has 1 aliphatic rings. The van der Waals surface area contributed by atoms with Crippen molar-refractivity contribution < 1.29 is 9.53 Å². The highest BCUT2D eigenvalue weighted by Crippen LogP contribution is 2.20. The summed E-state index contributed by atoms with van der Waals surface area (Å²) in [6.07, 6.45) is 4.94.